The molecule has 0 unspecified atom stereocenters. The molecule has 138 valence electrons. The number of fused-ring (bicyclic) bond motifs is 1. The Hall–Kier alpha value is -3.02. The molecule has 1 aliphatic rings. The molecule has 0 aromatic carbocycles. The van der Waals surface area contributed by atoms with Gasteiger partial charge in [0.15, 0.2) is 5.65 Å². The Labute approximate surface area is 157 Å². The van der Waals surface area contributed by atoms with E-state index < -0.39 is 5.97 Å². The monoisotopic (exact) mass is 362 g/mol. The quantitative estimate of drug-likeness (QED) is 0.689. The highest BCUT2D eigenvalue weighted by Crippen LogP contribution is 2.42. The largest absolute Gasteiger partial charge is 0.478 e. The van der Waals surface area contributed by atoms with Gasteiger partial charge in [0.05, 0.1) is 11.9 Å². The van der Waals surface area contributed by atoms with Crippen molar-refractivity contribution in [3.63, 3.8) is 0 Å². The van der Waals surface area contributed by atoms with Gasteiger partial charge in [-0.05, 0) is 44.4 Å². The summed E-state index contributed by atoms with van der Waals surface area (Å²) in [6.07, 6.45) is 11.7. The van der Waals surface area contributed by atoms with Crippen molar-refractivity contribution < 1.29 is 9.90 Å². The molecule has 6 heteroatoms. The van der Waals surface area contributed by atoms with Crippen molar-refractivity contribution in [1.82, 2.24) is 19.7 Å². The molecule has 0 bridgehead atoms. The second kappa shape index (κ2) is 6.95. The van der Waals surface area contributed by atoms with Gasteiger partial charge in [-0.3, -0.25) is 4.98 Å². The van der Waals surface area contributed by atoms with Crippen LogP contribution in [0.25, 0.3) is 28.2 Å². The van der Waals surface area contributed by atoms with Crippen molar-refractivity contribution in [1.29, 1.82) is 0 Å². The van der Waals surface area contributed by atoms with Gasteiger partial charge in [-0.1, -0.05) is 6.42 Å². The lowest BCUT2D eigenvalue weighted by Gasteiger charge is -2.27. The van der Waals surface area contributed by atoms with Crippen LogP contribution < -0.4 is 0 Å². The van der Waals surface area contributed by atoms with Crippen LogP contribution in [0.3, 0.4) is 0 Å². The maximum atomic E-state index is 11.2. The van der Waals surface area contributed by atoms with E-state index in [1.165, 1.54) is 12.5 Å². The zero-order valence-corrected chi connectivity index (χ0v) is 15.5. The van der Waals surface area contributed by atoms with E-state index in [1.807, 2.05) is 37.1 Å². The van der Waals surface area contributed by atoms with Crippen molar-refractivity contribution in [2.75, 3.05) is 0 Å². The molecule has 0 radical (unpaired) electrons. The average Bonchev–Trinajstić information content (AvgIpc) is 3.00. The fourth-order valence-electron chi connectivity index (χ4n) is 3.67. The summed E-state index contributed by atoms with van der Waals surface area (Å²) < 4.78 is 1.90. The summed E-state index contributed by atoms with van der Waals surface area (Å²) in [4.78, 5) is 20.5. The number of pyridine rings is 2. The number of carbonyl (C=O) groups is 1. The van der Waals surface area contributed by atoms with Crippen LogP contribution in [0.5, 0.6) is 0 Å². The van der Waals surface area contributed by atoms with Crippen molar-refractivity contribution in [3.05, 3.63) is 47.6 Å². The maximum Gasteiger partial charge on any atom is 0.328 e. The molecule has 0 saturated heterocycles. The summed E-state index contributed by atoms with van der Waals surface area (Å²) in [5.41, 5.74) is 5.68. The Morgan fingerprint density at radius 1 is 1.33 bits per heavy atom. The van der Waals surface area contributed by atoms with Crippen LogP contribution in [0.1, 0.15) is 48.9 Å². The predicted octanol–water partition coefficient (Wildman–Crippen LogP) is 4.19. The minimum atomic E-state index is -0.966. The molecule has 1 saturated carbocycles. The third kappa shape index (κ3) is 3.12. The Balaban J connectivity index is 2.08. The fraction of sp³-hybridized carbons (Fsp3) is 0.333. The number of nitrogens with zero attached hydrogens (tertiary/aromatic N) is 4. The number of rotatable bonds is 5. The minimum absolute atomic E-state index is 0.361. The van der Waals surface area contributed by atoms with Gasteiger partial charge in [0.2, 0.25) is 0 Å². The average molecular weight is 362 g/mol. The summed E-state index contributed by atoms with van der Waals surface area (Å²) in [5.74, 6) is -0.605. The molecule has 27 heavy (non-hydrogen) atoms. The molecule has 3 heterocycles. The number of aromatic nitrogens is 4. The van der Waals surface area contributed by atoms with E-state index in [-0.39, 0.29) is 0 Å². The van der Waals surface area contributed by atoms with E-state index in [9.17, 15) is 9.90 Å². The smallest absolute Gasteiger partial charge is 0.328 e. The lowest BCUT2D eigenvalue weighted by molar-refractivity contribution is -0.131. The first-order valence-corrected chi connectivity index (χ1v) is 9.31. The van der Waals surface area contributed by atoms with Crippen LogP contribution in [0.15, 0.2) is 30.7 Å². The third-order valence-electron chi connectivity index (χ3n) is 5.20. The molecule has 0 atom stereocenters. The highest BCUT2D eigenvalue weighted by atomic mass is 16.4. The number of carboxylic acids is 1. The van der Waals surface area contributed by atoms with Crippen molar-refractivity contribution in [2.45, 2.75) is 45.6 Å². The molecule has 0 aliphatic heterocycles. The van der Waals surface area contributed by atoms with E-state index in [1.54, 1.807) is 6.08 Å². The van der Waals surface area contributed by atoms with Gasteiger partial charge >= 0.3 is 5.97 Å². The van der Waals surface area contributed by atoms with Gasteiger partial charge in [-0.25, -0.2) is 14.5 Å². The molecule has 1 N–H and O–H groups in total. The normalized spacial score (nSPS) is 14.7. The number of aryl methyl sites for hydroxylation is 2. The van der Waals surface area contributed by atoms with Gasteiger partial charge in [0.25, 0.3) is 0 Å². The number of carboxylic acid groups (broad SMARTS) is 1. The Morgan fingerprint density at radius 2 is 2.15 bits per heavy atom. The van der Waals surface area contributed by atoms with Crippen molar-refractivity contribution in [2.24, 2.45) is 0 Å². The fourth-order valence-corrected chi connectivity index (χ4v) is 3.67. The molecule has 3 aromatic heterocycles. The van der Waals surface area contributed by atoms with Gasteiger partial charge in [-0.15, -0.1) is 0 Å². The molecule has 0 amide bonds. The molecule has 1 aliphatic carbocycles. The van der Waals surface area contributed by atoms with E-state index in [0.29, 0.717) is 5.92 Å². The van der Waals surface area contributed by atoms with Gasteiger partial charge < -0.3 is 5.11 Å². The summed E-state index contributed by atoms with van der Waals surface area (Å²) in [6, 6.07) is 2.08. The van der Waals surface area contributed by atoms with Crippen molar-refractivity contribution >= 4 is 23.1 Å². The topological polar surface area (TPSA) is 80.9 Å². The highest BCUT2D eigenvalue weighted by molar-refractivity contribution is 5.99. The van der Waals surface area contributed by atoms with Crippen LogP contribution in [-0.4, -0.2) is 30.8 Å². The molecule has 3 aromatic rings. The van der Waals surface area contributed by atoms with Gasteiger partial charge in [-0.2, -0.15) is 5.10 Å². The summed E-state index contributed by atoms with van der Waals surface area (Å²) in [7, 11) is 0. The molecular formula is C21H22N4O2. The summed E-state index contributed by atoms with van der Waals surface area (Å²) in [5, 5.41) is 14.6. The number of aliphatic carboxylic acids is 1. The van der Waals surface area contributed by atoms with Gasteiger partial charge in [0, 0.05) is 53.0 Å². The summed E-state index contributed by atoms with van der Waals surface area (Å²) >= 11 is 0. The van der Waals surface area contributed by atoms with Crippen LogP contribution >= 0.6 is 0 Å². The minimum Gasteiger partial charge on any atom is -0.478 e. The zero-order valence-electron chi connectivity index (χ0n) is 15.5. The first kappa shape index (κ1) is 17.4. The zero-order chi connectivity index (χ0) is 19.0. The number of hydrogen-bond acceptors (Lipinski definition) is 4. The molecule has 1 fully saturated rings. The van der Waals surface area contributed by atoms with Crippen LogP contribution in [0, 0.1) is 6.92 Å². The van der Waals surface area contributed by atoms with E-state index in [0.717, 1.165) is 58.4 Å². The SMILES string of the molecule is CCn1ncc2c(-c3cncc(C)c3)c(C=CC(=O)O)c(C3CCC3)nc21. The van der Waals surface area contributed by atoms with Gasteiger partial charge in [0.1, 0.15) is 0 Å². The van der Waals surface area contributed by atoms with Crippen LogP contribution in [0.4, 0.5) is 0 Å². The van der Waals surface area contributed by atoms with Crippen LogP contribution in [0.2, 0.25) is 0 Å². The maximum absolute atomic E-state index is 11.2. The Kier molecular flexibility index (Phi) is 4.48. The first-order chi connectivity index (χ1) is 13.1. The lowest BCUT2D eigenvalue weighted by atomic mass is 9.79. The second-order valence-electron chi connectivity index (χ2n) is 7.03. The number of hydrogen-bond donors (Lipinski definition) is 1. The first-order valence-electron chi connectivity index (χ1n) is 9.31. The van der Waals surface area contributed by atoms with Crippen molar-refractivity contribution in [3.8, 4) is 11.1 Å². The van der Waals surface area contributed by atoms with E-state index >= 15 is 0 Å². The molecular weight excluding hydrogens is 340 g/mol. The molecule has 4 rings (SSSR count). The lowest BCUT2D eigenvalue weighted by Crippen LogP contribution is -2.14. The van der Waals surface area contributed by atoms with E-state index in [2.05, 4.69) is 16.1 Å². The molecule has 0 spiro atoms. The second-order valence-corrected chi connectivity index (χ2v) is 7.03. The summed E-state index contributed by atoms with van der Waals surface area (Å²) in [6.45, 7) is 4.78. The highest BCUT2D eigenvalue weighted by Gasteiger charge is 2.27. The third-order valence-corrected chi connectivity index (χ3v) is 5.20. The molecule has 6 nitrogen and oxygen atoms in total. The Bertz CT molecular complexity index is 1050. The Morgan fingerprint density at radius 3 is 2.78 bits per heavy atom. The van der Waals surface area contributed by atoms with E-state index in [4.69, 9.17) is 4.98 Å². The van der Waals surface area contributed by atoms with Crippen LogP contribution in [-0.2, 0) is 11.3 Å². The predicted molar refractivity (Wildman–Crippen MR) is 104 cm³/mol. The standard InChI is InChI=1S/C21H22N4O2/c1-3-25-21-17(12-23-25)19(15-9-13(2)10-22-11-15)16(7-8-18(26)27)20(24-21)14-5-4-6-14/h7-12,14H,3-6H2,1-2H3,(H,26,27).